The van der Waals surface area contributed by atoms with Crippen molar-refractivity contribution in [2.75, 3.05) is 25.5 Å². The molecule has 1 amide bonds. The first kappa shape index (κ1) is 17.7. The lowest BCUT2D eigenvalue weighted by atomic mass is 10.2. The molecule has 0 radical (unpaired) electrons. The van der Waals surface area contributed by atoms with Crippen LogP contribution in [0.5, 0.6) is 11.5 Å². The van der Waals surface area contributed by atoms with Crippen LogP contribution in [-0.4, -0.2) is 42.1 Å². The van der Waals surface area contributed by atoms with E-state index in [-0.39, 0.29) is 5.91 Å². The number of aromatic nitrogens is 2. The molecular weight excluding hydrogens is 362 g/mol. The van der Waals surface area contributed by atoms with E-state index in [0.717, 1.165) is 28.4 Å². The van der Waals surface area contributed by atoms with Crippen molar-refractivity contribution >= 4 is 32.6 Å². The Morgan fingerprint density at radius 1 is 1.33 bits per heavy atom. The van der Waals surface area contributed by atoms with Gasteiger partial charge in [-0.3, -0.25) is 9.78 Å². The van der Waals surface area contributed by atoms with Crippen LogP contribution >= 0.6 is 11.3 Å². The van der Waals surface area contributed by atoms with Gasteiger partial charge in [0, 0.05) is 38.0 Å². The molecule has 3 heterocycles. The second-order valence-electron chi connectivity index (χ2n) is 6.38. The molecule has 3 aromatic rings. The molecule has 4 rings (SSSR count). The molecule has 2 aromatic heterocycles. The molecule has 0 saturated carbocycles. The number of fused-ring (bicyclic) bond motifs is 1. The number of hydrogen-bond acceptors (Lipinski definition) is 7. The summed E-state index contributed by atoms with van der Waals surface area (Å²) >= 11 is 1.61. The Morgan fingerprint density at radius 2 is 2.22 bits per heavy atom. The molecule has 140 valence electrons. The highest BCUT2D eigenvalue weighted by Gasteiger charge is 2.14. The average molecular weight is 383 g/mol. The van der Waals surface area contributed by atoms with E-state index in [2.05, 4.69) is 25.9 Å². The Bertz CT molecular complexity index is 952. The monoisotopic (exact) mass is 383 g/mol. The Balaban J connectivity index is 1.47. The number of anilines is 1. The minimum absolute atomic E-state index is 0.245. The summed E-state index contributed by atoms with van der Waals surface area (Å²) in [6, 6.07) is 9.66. The third-order valence-corrected chi connectivity index (χ3v) is 5.42. The van der Waals surface area contributed by atoms with Gasteiger partial charge in [-0.15, -0.1) is 0 Å². The number of benzene rings is 1. The van der Waals surface area contributed by atoms with Crippen molar-refractivity contribution in [1.29, 1.82) is 0 Å². The van der Waals surface area contributed by atoms with Crippen molar-refractivity contribution in [2.45, 2.75) is 18.9 Å². The largest absolute Gasteiger partial charge is 0.457 e. The molecule has 1 aromatic carbocycles. The summed E-state index contributed by atoms with van der Waals surface area (Å²) in [6.07, 6.45) is 4.01. The summed E-state index contributed by atoms with van der Waals surface area (Å²) < 4.78 is 6.95. The standard InChI is InChI=1S/C19H21N5O2S/c1-20-18(25)16-9-14(6-8-22-16)26-13-4-5-15-17(10-13)27-19(24-15)23-11-12-3-2-7-21-12/h4-6,8-10,12,21H,2-3,7,11H2,1H3,(H,20,25)(H,23,24)/t12-/m1/s1. The molecule has 1 aliphatic heterocycles. The van der Waals surface area contributed by atoms with E-state index in [9.17, 15) is 4.79 Å². The number of nitrogens with one attached hydrogen (secondary N) is 3. The van der Waals surface area contributed by atoms with Crippen LogP contribution in [0.15, 0.2) is 36.5 Å². The molecule has 3 N–H and O–H groups in total. The van der Waals surface area contributed by atoms with Crippen LogP contribution in [0.1, 0.15) is 23.3 Å². The normalized spacial score (nSPS) is 16.4. The van der Waals surface area contributed by atoms with E-state index in [1.54, 1.807) is 36.7 Å². The van der Waals surface area contributed by atoms with Gasteiger partial charge in [-0.2, -0.15) is 0 Å². The van der Waals surface area contributed by atoms with Crippen LogP contribution in [0.25, 0.3) is 10.2 Å². The van der Waals surface area contributed by atoms with Crippen LogP contribution in [0.4, 0.5) is 5.13 Å². The third-order valence-electron chi connectivity index (χ3n) is 4.45. The first-order valence-electron chi connectivity index (χ1n) is 8.95. The molecule has 0 bridgehead atoms. The van der Waals surface area contributed by atoms with Crippen molar-refractivity contribution in [1.82, 2.24) is 20.6 Å². The fraction of sp³-hybridized carbons (Fsp3) is 0.316. The van der Waals surface area contributed by atoms with Gasteiger partial charge < -0.3 is 20.7 Å². The SMILES string of the molecule is CNC(=O)c1cc(Oc2ccc3nc(NC[C@H]4CCCN4)sc3c2)ccn1. The fourth-order valence-electron chi connectivity index (χ4n) is 3.05. The molecule has 0 aliphatic carbocycles. The number of thiazole rings is 1. The smallest absolute Gasteiger partial charge is 0.269 e. The maximum absolute atomic E-state index is 11.7. The molecule has 0 unspecified atom stereocenters. The van der Waals surface area contributed by atoms with Gasteiger partial charge in [0.2, 0.25) is 0 Å². The highest BCUT2D eigenvalue weighted by atomic mass is 32.1. The third kappa shape index (κ3) is 4.17. The summed E-state index contributed by atoms with van der Waals surface area (Å²) in [5.41, 5.74) is 1.26. The summed E-state index contributed by atoms with van der Waals surface area (Å²) in [5, 5.41) is 10.4. The second-order valence-corrected chi connectivity index (χ2v) is 7.41. The highest BCUT2D eigenvalue weighted by molar-refractivity contribution is 7.22. The number of carbonyl (C=O) groups is 1. The zero-order valence-electron chi connectivity index (χ0n) is 15.0. The zero-order valence-corrected chi connectivity index (χ0v) is 15.8. The van der Waals surface area contributed by atoms with Crippen LogP contribution in [-0.2, 0) is 0 Å². The van der Waals surface area contributed by atoms with E-state index >= 15 is 0 Å². The number of amides is 1. The second kappa shape index (κ2) is 7.89. The number of rotatable bonds is 6. The maximum Gasteiger partial charge on any atom is 0.269 e. The summed E-state index contributed by atoms with van der Waals surface area (Å²) in [4.78, 5) is 20.4. The number of carbonyl (C=O) groups excluding carboxylic acids is 1. The topological polar surface area (TPSA) is 88.2 Å². The lowest BCUT2D eigenvalue weighted by molar-refractivity contribution is 0.0958. The van der Waals surface area contributed by atoms with Crippen LogP contribution in [0, 0.1) is 0 Å². The first-order chi connectivity index (χ1) is 13.2. The van der Waals surface area contributed by atoms with E-state index in [1.165, 1.54) is 12.8 Å². The van der Waals surface area contributed by atoms with Crippen molar-refractivity contribution in [3.8, 4) is 11.5 Å². The summed E-state index contributed by atoms with van der Waals surface area (Å²) in [5.74, 6) is 1.02. The Labute approximate surface area is 161 Å². The molecule has 8 heteroatoms. The number of ether oxygens (including phenoxy) is 1. The molecule has 7 nitrogen and oxygen atoms in total. The van der Waals surface area contributed by atoms with Crippen molar-refractivity contribution in [3.63, 3.8) is 0 Å². The van der Waals surface area contributed by atoms with Crippen molar-refractivity contribution < 1.29 is 9.53 Å². The highest BCUT2D eigenvalue weighted by Crippen LogP contribution is 2.31. The molecule has 1 aliphatic rings. The van der Waals surface area contributed by atoms with Gasteiger partial charge >= 0.3 is 0 Å². The molecule has 0 spiro atoms. The van der Waals surface area contributed by atoms with Gasteiger partial charge in [0.1, 0.15) is 17.2 Å². The first-order valence-corrected chi connectivity index (χ1v) is 9.77. The van der Waals surface area contributed by atoms with Gasteiger partial charge in [-0.25, -0.2) is 4.98 Å². The van der Waals surface area contributed by atoms with Crippen LogP contribution in [0.2, 0.25) is 0 Å². The number of pyridine rings is 1. The van der Waals surface area contributed by atoms with Gasteiger partial charge in [0.05, 0.1) is 10.2 Å². The van der Waals surface area contributed by atoms with E-state index in [1.807, 2.05) is 18.2 Å². The lowest BCUT2D eigenvalue weighted by Crippen LogP contribution is -2.29. The van der Waals surface area contributed by atoms with Crippen LogP contribution in [0.3, 0.4) is 0 Å². The predicted molar refractivity (Wildman–Crippen MR) is 107 cm³/mol. The van der Waals surface area contributed by atoms with Gasteiger partial charge in [0.15, 0.2) is 5.13 Å². The minimum atomic E-state index is -0.245. The number of nitrogens with zero attached hydrogens (tertiary/aromatic N) is 2. The molecule has 27 heavy (non-hydrogen) atoms. The maximum atomic E-state index is 11.7. The van der Waals surface area contributed by atoms with E-state index in [0.29, 0.717) is 23.2 Å². The Morgan fingerprint density at radius 3 is 3.04 bits per heavy atom. The van der Waals surface area contributed by atoms with Crippen molar-refractivity contribution in [2.24, 2.45) is 0 Å². The van der Waals surface area contributed by atoms with E-state index < -0.39 is 0 Å². The van der Waals surface area contributed by atoms with Gasteiger partial charge in [-0.1, -0.05) is 11.3 Å². The molecule has 1 fully saturated rings. The predicted octanol–water partition coefficient (Wildman–Crippen LogP) is 3.01. The summed E-state index contributed by atoms with van der Waals surface area (Å²) in [7, 11) is 1.57. The molecule has 1 saturated heterocycles. The minimum Gasteiger partial charge on any atom is -0.457 e. The quantitative estimate of drug-likeness (QED) is 0.606. The Hall–Kier alpha value is -2.71. The van der Waals surface area contributed by atoms with Gasteiger partial charge in [0.25, 0.3) is 5.91 Å². The zero-order chi connectivity index (χ0) is 18.6. The van der Waals surface area contributed by atoms with Crippen molar-refractivity contribution in [3.05, 3.63) is 42.2 Å². The van der Waals surface area contributed by atoms with Crippen LogP contribution < -0.4 is 20.7 Å². The Kier molecular flexibility index (Phi) is 5.17. The lowest BCUT2D eigenvalue weighted by Gasteiger charge is -2.09. The average Bonchev–Trinajstić information content (AvgIpc) is 3.35. The number of hydrogen-bond donors (Lipinski definition) is 3. The van der Waals surface area contributed by atoms with Gasteiger partial charge in [-0.05, 0) is 37.6 Å². The summed E-state index contributed by atoms with van der Waals surface area (Å²) in [6.45, 7) is 1.99. The molecular formula is C19H21N5O2S. The van der Waals surface area contributed by atoms with E-state index in [4.69, 9.17) is 4.74 Å². The molecule has 1 atom stereocenters. The fourth-order valence-corrected chi connectivity index (χ4v) is 3.95.